The summed E-state index contributed by atoms with van der Waals surface area (Å²) in [5, 5.41) is 0. The van der Waals surface area contributed by atoms with E-state index < -0.39 is 0 Å². The summed E-state index contributed by atoms with van der Waals surface area (Å²) in [6.45, 7) is 10.2. The van der Waals surface area contributed by atoms with E-state index in [2.05, 4.69) is 19.9 Å². The highest BCUT2D eigenvalue weighted by Crippen LogP contribution is 2.19. The summed E-state index contributed by atoms with van der Waals surface area (Å²) < 4.78 is 0. The summed E-state index contributed by atoms with van der Waals surface area (Å²) in [4.78, 5) is 11.3. The zero-order valence-corrected chi connectivity index (χ0v) is 11.8. The molecule has 0 radical (unpaired) electrons. The fourth-order valence-electron chi connectivity index (χ4n) is 2.02. The Morgan fingerprint density at radius 3 is 2.24 bits per heavy atom. The lowest BCUT2D eigenvalue weighted by Gasteiger charge is -2.12. The highest BCUT2D eigenvalue weighted by Gasteiger charge is 2.11. The van der Waals surface area contributed by atoms with Crippen molar-refractivity contribution in [3.05, 3.63) is 34.4 Å². The molecule has 0 saturated carbocycles. The van der Waals surface area contributed by atoms with Gasteiger partial charge < -0.3 is 5.73 Å². The van der Waals surface area contributed by atoms with Crippen molar-refractivity contribution in [1.29, 1.82) is 0 Å². The molecule has 17 heavy (non-hydrogen) atoms. The molecule has 1 amide bonds. The summed E-state index contributed by atoms with van der Waals surface area (Å²) in [5.41, 5.74) is 9.59. The van der Waals surface area contributed by atoms with Crippen LogP contribution in [0, 0.1) is 6.92 Å². The molecule has 2 heteroatoms. The van der Waals surface area contributed by atoms with E-state index in [4.69, 9.17) is 5.73 Å². The topological polar surface area (TPSA) is 43.1 Å². The Labute approximate surface area is 105 Å². The Balaban J connectivity index is 0.00000121. The Morgan fingerprint density at radius 2 is 1.82 bits per heavy atom. The molecule has 0 aromatic heterocycles. The van der Waals surface area contributed by atoms with Gasteiger partial charge in [0.2, 0.25) is 5.91 Å². The maximum Gasteiger partial charge on any atom is 0.248 e. The number of amides is 1. The summed E-state index contributed by atoms with van der Waals surface area (Å²) >= 11 is 0. The van der Waals surface area contributed by atoms with Crippen molar-refractivity contribution in [1.82, 2.24) is 0 Å². The number of carbonyl (C=O) groups is 1. The molecule has 0 unspecified atom stereocenters. The zero-order chi connectivity index (χ0) is 13.4. The van der Waals surface area contributed by atoms with Gasteiger partial charge in [0.15, 0.2) is 0 Å². The molecule has 1 aromatic rings. The molecule has 0 aliphatic heterocycles. The van der Waals surface area contributed by atoms with Crippen molar-refractivity contribution in [3.8, 4) is 0 Å². The van der Waals surface area contributed by atoms with E-state index in [1.165, 1.54) is 5.56 Å². The quantitative estimate of drug-likeness (QED) is 0.850. The molecule has 1 aromatic carbocycles. The third-order valence-corrected chi connectivity index (χ3v) is 2.62. The molecule has 96 valence electrons. The molecule has 0 bridgehead atoms. The molecular formula is C15H25NO. The minimum Gasteiger partial charge on any atom is -0.366 e. The highest BCUT2D eigenvalue weighted by atomic mass is 16.1. The predicted molar refractivity (Wildman–Crippen MR) is 74.4 cm³/mol. The summed E-state index contributed by atoms with van der Waals surface area (Å²) in [5.74, 6) is -0.312. The Morgan fingerprint density at radius 1 is 1.24 bits per heavy atom. The smallest absolute Gasteiger partial charge is 0.248 e. The largest absolute Gasteiger partial charge is 0.366 e. The first-order valence-electron chi connectivity index (χ1n) is 6.52. The van der Waals surface area contributed by atoms with Gasteiger partial charge in [-0.2, -0.15) is 0 Å². The second-order valence-electron chi connectivity index (χ2n) is 3.92. The van der Waals surface area contributed by atoms with Crippen LogP contribution in [0.2, 0.25) is 0 Å². The van der Waals surface area contributed by atoms with Crippen LogP contribution < -0.4 is 5.73 Å². The molecule has 1 rings (SSSR count). The van der Waals surface area contributed by atoms with E-state index in [0.29, 0.717) is 5.56 Å². The van der Waals surface area contributed by atoms with Crippen molar-refractivity contribution >= 4 is 5.91 Å². The van der Waals surface area contributed by atoms with Crippen molar-refractivity contribution in [3.63, 3.8) is 0 Å². The lowest BCUT2D eigenvalue weighted by molar-refractivity contribution is 0.0999. The Kier molecular flexibility index (Phi) is 7.27. The second kappa shape index (κ2) is 7.88. The number of nitrogens with two attached hydrogens (primary N) is 1. The van der Waals surface area contributed by atoms with E-state index in [9.17, 15) is 4.79 Å². The van der Waals surface area contributed by atoms with Crippen LogP contribution in [0.25, 0.3) is 0 Å². The van der Waals surface area contributed by atoms with Crippen LogP contribution in [0.4, 0.5) is 0 Å². The standard InChI is InChI=1S/C13H19NO.C2H6/c1-4-6-10-7-9(3)8-12(13(14)15)11(10)5-2;1-2/h7-8H,4-6H2,1-3H3,(H2,14,15);1-2H3. The molecule has 2 nitrogen and oxygen atoms in total. The van der Waals surface area contributed by atoms with E-state index in [0.717, 1.165) is 30.4 Å². The normalized spacial score (nSPS) is 9.47. The van der Waals surface area contributed by atoms with Gasteiger partial charge in [0.05, 0.1) is 0 Å². The van der Waals surface area contributed by atoms with Crippen LogP contribution in [-0.4, -0.2) is 5.91 Å². The van der Waals surface area contributed by atoms with Crippen LogP contribution in [-0.2, 0) is 12.8 Å². The first-order valence-corrected chi connectivity index (χ1v) is 6.52. The fraction of sp³-hybridized carbons (Fsp3) is 0.533. The Bertz CT molecular complexity index is 369. The van der Waals surface area contributed by atoms with Gasteiger partial charge in [0, 0.05) is 5.56 Å². The highest BCUT2D eigenvalue weighted by molar-refractivity contribution is 5.95. The Hall–Kier alpha value is -1.31. The minimum absolute atomic E-state index is 0.312. The average Bonchev–Trinajstić information content (AvgIpc) is 2.31. The van der Waals surface area contributed by atoms with Gasteiger partial charge in [-0.3, -0.25) is 4.79 Å². The van der Waals surface area contributed by atoms with Gasteiger partial charge in [0.1, 0.15) is 0 Å². The maximum absolute atomic E-state index is 11.3. The van der Waals surface area contributed by atoms with Gasteiger partial charge >= 0.3 is 0 Å². The minimum atomic E-state index is -0.312. The molecule has 0 fully saturated rings. The molecule has 2 N–H and O–H groups in total. The molecule has 0 saturated heterocycles. The number of hydrogen-bond donors (Lipinski definition) is 1. The molecule has 0 aliphatic rings. The molecule has 0 atom stereocenters. The van der Waals surface area contributed by atoms with Gasteiger partial charge in [-0.15, -0.1) is 0 Å². The van der Waals surface area contributed by atoms with Gasteiger partial charge in [-0.25, -0.2) is 0 Å². The van der Waals surface area contributed by atoms with Crippen molar-refractivity contribution in [2.45, 2.75) is 53.9 Å². The molecule has 0 spiro atoms. The van der Waals surface area contributed by atoms with Crippen LogP contribution in [0.15, 0.2) is 12.1 Å². The van der Waals surface area contributed by atoms with Crippen molar-refractivity contribution < 1.29 is 4.79 Å². The summed E-state index contributed by atoms with van der Waals surface area (Å²) in [7, 11) is 0. The number of rotatable bonds is 4. The van der Waals surface area contributed by atoms with Gasteiger partial charge in [-0.1, -0.05) is 45.7 Å². The lowest BCUT2D eigenvalue weighted by atomic mass is 9.93. The fourth-order valence-corrected chi connectivity index (χ4v) is 2.02. The molecular weight excluding hydrogens is 210 g/mol. The SMILES string of the molecule is CC.CCCc1cc(C)cc(C(N)=O)c1CC. The summed E-state index contributed by atoms with van der Waals surface area (Å²) in [6, 6.07) is 4.05. The van der Waals surface area contributed by atoms with Crippen LogP contribution in [0.3, 0.4) is 0 Å². The number of aryl methyl sites for hydroxylation is 2. The third-order valence-electron chi connectivity index (χ3n) is 2.62. The van der Waals surface area contributed by atoms with E-state index in [1.54, 1.807) is 0 Å². The van der Waals surface area contributed by atoms with Crippen LogP contribution >= 0.6 is 0 Å². The van der Waals surface area contributed by atoms with Gasteiger partial charge in [-0.05, 0) is 37.0 Å². The van der Waals surface area contributed by atoms with Crippen LogP contribution in [0.5, 0.6) is 0 Å². The number of carbonyl (C=O) groups excluding carboxylic acids is 1. The van der Waals surface area contributed by atoms with E-state index >= 15 is 0 Å². The van der Waals surface area contributed by atoms with E-state index in [-0.39, 0.29) is 5.91 Å². The van der Waals surface area contributed by atoms with Crippen molar-refractivity contribution in [2.24, 2.45) is 5.73 Å². The lowest BCUT2D eigenvalue weighted by Crippen LogP contribution is -2.15. The summed E-state index contributed by atoms with van der Waals surface area (Å²) in [6.07, 6.45) is 2.98. The molecule has 0 aliphatic carbocycles. The van der Waals surface area contributed by atoms with Crippen molar-refractivity contribution in [2.75, 3.05) is 0 Å². The second-order valence-corrected chi connectivity index (χ2v) is 3.92. The maximum atomic E-state index is 11.3. The number of primary amides is 1. The first-order chi connectivity index (χ1) is 8.10. The number of benzene rings is 1. The van der Waals surface area contributed by atoms with Crippen LogP contribution in [0.1, 0.15) is 61.2 Å². The predicted octanol–water partition coefficient (Wildman–Crippen LogP) is 3.64. The average molecular weight is 235 g/mol. The monoisotopic (exact) mass is 235 g/mol. The molecule has 0 heterocycles. The third kappa shape index (κ3) is 4.22. The van der Waals surface area contributed by atoms with Gasteiger partial charge in [0.25, 0.3) is 0 Å². The first kappa shape index (κ1) is 15.7. The zero-order valence-electron chi connectivity index (χ0n) is 11.8. The van der Waals surface area contributed by atoms with E-state index in [1.807, 2.05) is 26.8 Å². The number of hydrogen-bond acceptors (Lipinski definition) is 1.